The third kappa shape index (κ3) is 4.08. The van der Waals surface area contributed by atoms with Gasteiger partial charge in [0.1, 0.15) is 23.4 Å². The second kappa shape index (κ2) is 7.82. The first-order chi connectivity index (χ1) is 12.6. The highest BCUT2D eigenvalue weighted by atomic mass is 19.1. The van der Waals surface area contributed by atoms with Gasteiger partial charge in [0.05, 0.1) is 13.5 Å². The Balaban J connectivity index is 1.79. The number of hydrogen-bond acceptors (Lipinski definition) is 3. The lowest BCUT2D eigenvalue weighted by Crippen LogP contribution is -2.32. The van der Waals surface area contributed by atoms with Gasteiger partial charge in [0.2, 0.25) is 5.91 Å². The lowest BCUT2D eigenvalue weighted by atomic mass is 10.0. The summed E-state index contributed by atoms with van der Waals surface area (Å²) in [6, 6.07) is 12.9. The molecule has 1 atom stereocenters. The third-order valence-corrected chi connectivity index (χ3v) is 4.15. The molecule has 0 radical (unpaired) electrons. The van der Waals surface area contributed by atoms with Gasteiger partial charge in [-0.1, -0.05) is 24.3 Å². The zero-order valence-corrected chi connectivity index (χ0v) is 14.6. The fraction of sp³-hybridized carbons (Fsp3) is 0.200. The molecular weight excluding hydrogens is 333 g/mol. The SMILES string of the molecule is COc1ccc(CC(=O)NC(c2ccc(F)cc2)c2nccn2C)cc1. The van der Waals surface area contributed by atoms with Crippen LogP contribution in [0.4, 0.5) is 4.39 Å². The van der Waals surface area contributed by atoms with Gasteiger partial charge in [-0.2, -0.15) is 0 Å². The maximum atomic E-state index is 13.3. The van der Waals surface area contributed by atoms with Gasteiger partial charge in [0.25, 0.3) is 0 Å². The van der Waals surface area contributed by atoms with E-state index >= 15 is 0 Å². The van der Waals surface area contributed by atoms with E-state index in [9.17, 15) is 9.18 Å². The standard InChI is InChI=1S/C20H20FN3O2/c1-24-12-11-22-20(24)19(15-5-7-16(21)8-6-15)23-18(25)13-14-3-9-17(26-2)10-4-14/h3-12,19H,13H2,1-2H3,(H,23,25). The van der Waals surface area contributed by atoms with Crippen LogP contribution in [-0.2, 0) is 18.3 Å². The van der Waals surface area contributed by atoms with Crippen molar-refractivity contribution < 1.29 is 13.9 Å². The molecule has 2 aromatic carbocycles. The molecule has 1 heterocycles. The van der Waals surface area contributed by atoms with E-state index in [2.05, 4.69) is 10.3 Å². The van der Waals surface area contributed by atoms with Crippen LogP contribution in [0.3, 0.4) is 0 Å². The highest BCUT2D eigenvalue weighted by Gasteiger charge is 2.21. The van der Waals surface area contributed by atoms with Gasteiger partial charge >= 0.3 is 0 Å². The number of hydrogen-bond donors (Lipinski definition) is 1. The summed E-state index contributed by atoms with van der Waals surface area (Å²) in [5.74, 6) is 0.954. The maximum absolute atomic E-state index is 13.3. The highest BCUT2D eigenvalue weighted by molar-refractivity contribution is 5.79. The number of carbonyl (C=O) groups excluding carboxylic acids is 1. The topological polar surface area (TPSA) is 56.1 Å². The normalized spacial score (nSPS) is 11.8. The first-order valence-electron chi connectivity index (χ1n) is 8.22. The Morgan fingerprint density at radius 3 is 2.46 bits per heavy atom. The number of imidazole rings is 1. The number of aryl methyl sites for hydroxylation is 1. The third-order valence-electron chi connectivity index (χ3n) is 4.15. The van der Waals surface area contributed by atoms with E-state index in [0.717, 1.165) is 16.9 Å². The van der Waals surface area contributed by atoms with Crippen LogP contribution in [0.1, 0.15) is 23.0 Å². The Kier molecular flexibility index (Phi) is 5.31. The number of carbonyl (C=O) groups is 1. The lowest BCUT2D eigenvalue weighted by molar-refractivity contribution is -0.121. The molecule has 5 nitrogen and oxygen atoms in total. The maximum Gasteiger partial charge on any atom is 0.225 e. The molecule has 0 fully saturated rings. The molecule has 0 saturated heterocycles. The Bertz CT molecular complexity index is 873. The molecule has 1 unspecified atom stereocenters. The molecule has 6 heteroatoms. The van der Waals surface area contributed by atoms with Crippen molar-refractivity contribution in [3.05, 3.63) is 83.7 Å². The summed E-state index contributed by atoms with van der Waals surface area (Å²) in [6.45, 7) is 0. The molecular formula is C20H20FN3O2. The van der Waals surface area contributed by atoms with E-state index in [-0.39, 0.29) is 18.1 Å². The van der Waals surface area contributed by atoms with Crippen LogP contribution in [0.25, 0.3) is 0 Å². The molecule has 1 N–H and O–H groups in total. The first-order valence-corrected chi connectivity index (χ1v) is 8.22. The van der Waals surface area contributed by atoms with Crippen molar-refractivity contribution in [1.82, 2.24) is 14.9 Å². The summed E-state index contributed by atoms with van der Waals surface area (Å²) >= 11 is 0. The van der Waals surface area contributed by atoms with Crippen molar-refractivity contribution >= 4 is 5.91 Å². The van der Waals surface area contributed by atoms with Gasteiger partial charge in [0.15, 0.2) is 0 Å². The van der Waals surface area contributed by atoms with Crippen LogP contribution in [0.5, 0.6) is 5.75 Å². The van der Waals surface area contributed by atoms with E-state index in [4.69, 9.17) is 4.74 Å². The average molecular weight is 353 g/mol. The molecule has 1 aromatic heterocycles. The summed E-state index contributed by atoms with van der Waals surface area (Å²) in [5.41, 5.74) is 1.64. The number of aromatic nitrogens is 2. The molecule has 0 aliphatic carbocycles. The van der Waals surface area contributed by atoms with Crippen molar-refractivity contribution in [1.29, 1.82) is 0 Å². The lowest BCUT2D eigenvalue weighted by Gasteiger charge is -2.19. The smallest absolute Gasteiger partial charge is 0.225 e. The summed E-state index contributed by atoms with van der Waals surface area (Å²) < 4.78 is 20.2. The predicted octanol–water partition coefficient (Wildman–Crippen LogP) is 3.02. The van der Waals surface area contributed by atoms with Crippen LogP contribution >= 0.6 is 0 Å². The van der Waals surface area contributed by atoms with Crippen LogP contribution < -0.4 is 10.1 Å². The molecule has 134 valence electrons. The zero-order chi connectivity index (χ0) is 18.5. The predicted molar refractivity (Wildman–Crippen MR) is 96.3 cm³/mol. The molecule has 3 rings (SSSR count). The molecule has 0 bridgehead atoms. The van der Waals surface area contributed by atoms with Crippen molar-refractivity contribution in [3.63, 3.8) is 0 Å². The van der Waals surface area contributed by atoms with Gasteiger partial charge in [-0.25, -0.2) is 9.37 Å². The Morgan fingerprint density at radius 1 is 1.19 bits per heavy atom. The molecule has 0 aliphatic heterocycles. The largest absolute Gasteiger partial charge is 0.497 e. The van der Waals surface area contributed by atoms with Crippen molar-refractivity contribution in [2.24, 2.45) is 7.05 Å². The quantitative estimate of drug-likeness (QED) is 0.741. The fourth-order valence-corrected chi connectivity index (χ4v) is 2.75. The monoisotopic (exact) mass is 353 g/mol. The van der Waals surface area contributed by atoms with Crippen LogP contribution in [0, 0.1) is 5.82 Å². The van der Waals surface area contributed by atoms with Crippen molar-refractivity contribution in [3.8, 4) is 5.75 Å². The minimum atomic E-state index is -0.457. The molecule has 0 saturated carbocycles. The number of nitrogens with zero attached hydrogens (tertiary/aromatic N) is 2. The van der Waals surface area contributed by atoms with Crippen LogP contribution in [-0.4, -0.2) is 22.6 Å². The van der Waals surface area contributed by atoms with Gasteiger partial charge in [-0.15, -0.1) is 0 Å². The highest BCUT2D eigenvalue weighted by Crippen LogP contribution is 2.21. The van der Waals surface area contributed by atoms with E-state index in [0.29, 0.717) is 5.82 Å². The first kappa shape index (κ1) is 17.7. The zero-order valence-electron chi connectivity index (χ0n) is 14.6. The molecule has 1 amide bonds. The number of ether oxygens (including phenoxy) is 1. The van der Waals surface area contributed by atoms with E-state index in [1.165, 1.54) is 12.1 Å². The van der Waals surface area contributed by atoms with Crippen molar-refractivity contribution in [2.45, 2.75) is 12.5 Å². The van der Waals surface area contributed by atoms with E-state index < -0.39 is 6.04 Å². The van der Waals surface area contributed by atoms with Crippen LogP contribution in [0.2, 0.25) is 0 Å². The number of methoxy groups -OCH3 is 1. The van der Waals surface area contributed by atoms with E-state index in [1.54, 1.807) is 25.4 Å². The second-order valence-electron chi connectivity index (χ2n) is 5.97. The van der Waals surface area contributed by atoms with Crippen molar-refractivity contribution in [2.75, 3.05) is 7.11 Å². The van der Waals surface area contributed by atoms with Gasteiger partial charge < -0.3 is 14.6 Å². The van der Waals surface area contributed by atoms with Crippen LogP contribution in [0.15, 0.2) is 60.9 Å². The fourth-order valence-electron chi connectivity index (χ4n) is 2.75. The number of rotatable bonds is 6. The minimum absolute atomic E-state index is 0.146. The van der Waals surface area contributed by atoms with Gasteiger partial charge in [0, 0.05) is 19.4 Å². The summed E-state index contributed by atoms with van der Waals surface area (Å²) in [6.07, 6.45) is 3.70. The Hall–Kier alpha value is -3.15. The Morgan fingerprint density at radius 2 is 1.88 bits per heavy atom. The number of nitrogens with one attached hydrogen (secondary N) is 1. The number of benzene rings is 2. The second-order valence-corrected chi connectivity index (χ2v) is 5.97. The van der Waals surface area contributed by atoms with Gasteiger partial charge in [-0.3, -0.25) is 4.79 Å². The summed E-state index contributed by atoms with van der Waals surface area (Å²) in [7, 11) is 3.45. The number of halogens is 1. The minimum Gasteiger partial charge on any atom is -0.497 e. The van der Waals surface area contributed by atoms with Gasteiger partial charge in [-0.05, 0) is 35.4 Å². The molecule has 3 aromatic rings. The Labute approximate surface area is 151 Å². The molecule has 0 aliphatic rings. The summed E-state index contributed by atoms with van der Waals surface area (Å²) in [4.78, 5) is 16.9. The number of amides is 1. The summed E-state index contributed by atoms with van der Waals surface area (Å²) in [5, 5.41) is 3.00. The molecule has 26 heavy (non-hydrogen) atoms. The van der Waals surface area contributed by atoms with E-state index in [1.807, 2.05) is 42.1 Å². The molecule has 0 spiro atoms. The average Bonchev–Trinajstić information content (AvgIpc) is 3.07.